The van der Waals surface area contributed by atoms with Crippen molar-refractivity contribution in [2.75, 3.05) is 0 Å². The number of fused-ring (bicyclic) bond motifs is 1. The van der Waals surface area contributed by atoms with Gasteiger partial charge in [0.05, 0.1) is 0 Å². The smallest absolute Gasteiger partial charge is 0.253 e. The molecule has 1 aliphatic carbocycles. The highest BCUT2D eigenvalue weighted by molar-refractivity contribution is 5.39. The van der Waals surface area contributed by atoms with E-state index < -0.39 is 0 Å². The van der Waals surface area contributed by atoms with Crippen LogP contribution in [0.2, 0.25) is 0 Å². The average molecular weight is 273 g/mol. The van der Waals surface area contributed by atoms with Crippen LogP contribution in [0.3, 0.4) is 0 Å². The van der Waals surface area contributed by atoms with E-state index >= 15 is 0 Å². The van der Waals surface area contributed by atoms with Crippen LogP contribution in [0.4, 0.5) is 0 Å². The fourth-order valence-electron chi connectivity index (χ4n) is 2.54. The Morgan fingerprint density at radius 2 is 2.20 bits per heavy atom. The Kier molecular flexibility index (Phi) is 3.69. The predicted octanol–water partition coefficient (Wildman–Crippen LogP) is 2.55. The lowest BCUT2D eigenvalue weighted by molar-refractivity contribution is 0.258. The number of nitrogens with zero attached hydrogens (tertiary/aromatic N) is 2. The molecule has 5 nitrogen and oxygen atoms in total. The normalized spacial score (nSPS) is 17.8. The summed E-state index contributed by atoms with van der Waals surface area (Å²) in [4.78, 5) is 0. The van der Waals surface area contributed by atoms with Crippen LogP contribution in [0, 0.1) is 0 Å². The Balaban J connectivity index is 1.70. The molecule has 0 saturated heterocycles. The quantitative estimate of drug-likeness (QED) is 0.926. The first-order valence-corrected chi connectivity index (χ1v) is 7.08. The molecule has 1 aromatic carbocycles. The summed E-state index contributed by atoms with van der Waals surface area (Å²) in [7, 11) is 0. The van der Waals surface area contributed by atoms with Gasteiger partial charge in [-0.3, -0.25) is 0 Å². The van der Waals surface area contributed by atoms with Crippen molar-refractivity contribution >= 4 is 0 Å². The summed E-state index contributed by atoms with van der Waals surface area (Å²) in [5.41, 5.74) is 8.69. The third-order valence-electron chi connectivity index (χ3n) is 3.65. The molecule has 0 radical (unpaired) electrons. The van der Waals surface area contributed by atoms with E-state index in [1.807, 2.05) is 19.1 Å². The summed E-state index contributed by atoms with van der Waals surface area (Å²) in [6, 6.07) is 6.25. The molecule has 1 atom stereocenters. The van der Waals surface area contributed by atoms with Gasteiger partial charge in [-0.25, -0.2) is 0 Å². The standard InChI is InChI=1S/C15H19N3O2/c1-2-14-17-18-15(20-14)9-19-11-7-6-10-4-3-5-13(16)12(10)8-11/h6-8,13H,2-5,9,16H2,1H3/t13-/m1/s1. The Bertz CT molecular complexity index is 595. The number of aromatic nitrogens is 2. The van der Waals surface area contributed by atoms with Crippen molar-refractivity contribution in [1.29, 1.82) is 0 Å². The monoisotopic (exact) mass is 273 g/mol. The van der Waals surface area contributed by atoms with Crippen molar-refractivity contribution in [2.45, 2.75) is 45.3 Å². The molecule has 2 N–H and O–H groups in total. The van der Waals surface area contributed by atoms with Gasteiger partial charge in [0.2, 0.25) is 5.89 Å². The van der Waals surface area contributed by atoms with Crippen LogP contribution >= 0.6 is 0 Å². The van der Waals surface area contributed by atoms with Gasteiger partial charge in [0.25, 0.3) is 5.89 Å². The molecule has 0 saturated carbocycles. The van der Waals surface area contributed by atoms with Gasteiger partial charge in [0, 0.05) is 12.5 Å². The third kappa shape index (κ3) is 2.67. The van der Waals surface area contributed by atoms with Crippen LogP contribution in [-0.4, -0.2) is 10.2 Å². The SMILES string of the molecule is CCc1nnc(COc2ccc3c(c2)[C@H](N)CCC3)o1. The summed E-state index contributed by atoms with van der Waals surface area (Å²) in [6.07, 6.45) is 4.05. The lowest BCUT2D eigenvalue weighted by Crippen LogP contribution is -2.17. The van der Waals surface area contributed by atoms with E-state index in [2.05, 4.69) is 16.3 Å². The van der Waals surface area contributed by atoms with E-state index in [4.69, 9.17) is 14.9 Å². The van der Waals surface area contributed by atoms with Gasteiger partial charge in [-0.1, -0.05) is 13.0 Å². The maximum atomic E-state index is 6.15. The van der Waals surface area contributed by atoms with Gasteiger partial charge < -0.3 is 14.9 Å². The number of ether oxygens (including phenoxy) is 1. The van der Waals surface area contributed by atoms with Crippen molar-refractivity contribution in [3.8, 4) is 5.75 Å². The minimum atomic E-state index is 0.123. The van der Waals surface area contributed by atoms with Crippen LogP contribution in [0.1, 0.15) is 48.7 Å². The summed E-state index contributed by atoms with van der Waals surface area (Å²) >= 11 is 0. The van der Waals surface area contributed by atoms with Crippen molar-refractivity contribution < 1.29 is 9.15 Å². The van der Waals surface area contributed by atoms with Gasteiger partial charge in [-0.15, -0.1) is 10.2 Å². The summed E-state index contributed by atoms with van der Waals surface area (Å²) in [5.74, 6) is 1.94. The van der Waals surface area contributed by atoms with Crippen LogP contribution in [0.5, 0.6) is 5.75 Å². The number of aryl methyl sites for hydroxylation is 2. The van der Waals surface area contributed by atoms with E-state index in [1.54, 1.807) is 0 Å². The van der Waals surface area contributed by atoms with Gasteiger partial charge in [0.15, 0.2) is 6.61 Å². The van der Waals surface area contributed by atoms with Crippen molar-refractivity contribution in [1.82, 2.24) is 10.2 Å². The van der Waals surface area contributed by atoms with E-state index in [1.165, 1.54) is 11.1 Å². The minimum Gasteiger partial charge on any atom is -0.484 e. The summed E-state index contributed by atoms with van der Waals surface area (Å²) < 4.78 is 11.1. The fraction of sp³-hybridized carbons (Fsp3) is 0.467. The maximum Gasteiger partial charge on any atom is 0.253 e. The molecule has 5 heteroatoms. The highest BCUT2D eigenvalue weighted by Crippen LogP contribution is 2.31. The van der Waals surface area contributed by atoms with E-state index in [9.17, 15) is 0 Å². The number of rotatable bonds is 4. The first kappa shape index (κ1) is 13.1. The van der Waals surface area contributed by atoms with Gasteiger partial charge in [0.1, 0.15) is 5.75 Å². The van der Waals surface area contributed by atoms with Gasteiger partial charge in [-0.2, -0.15) is 0 Å². The van der Waals surface area contributed by atoms with Crippen LogP contribution in [-0.2, 0) is 19.4 Å². The molecule has 20 heavy (non-hydrogen) atoms. The molecular formula is C15H19N3O2. The molecule has 1 aromatic heterocycles. The second-order valence-corrected chi connectivity index (χ2v) is 5.09. The second-order valence-electron chi connectivity index (χ2n) is 5.09. The Hall–Kier alpha value is -1.88. The zero-order valence-corrected chi connectivity index (χ0v) is 11.6. The Morgan fingerprint density at radius 1 is 1.35 bits per heavy atom. The van der Waals surface area contributed by atoms with E-state index in [-0.39, 0.29) is 6.04 Å². The maximum absolute atomic E-state index is 6.15. The topological polar surface area (TPSA) is 74.2 Å². The number of benzene rings is 1. The molecule has 1 heterocycles. The molecule has 0 unspecified atom stereocenters. The lowest BCUT2D eigenvalue weighted by atomic mass is 9.88. The molecule has 1 aliphatic rings. The first-order chi connectivity index (χ1) is 9.76. The highest BCUT2D eigenvalue weighted by atomic mass is 16.5. The largest absolute Gasteiger partial charge is 0.484 e. The second kappa shape index (κ2) is 5.63. The minimum absolute atomic E-state index is 0.123. The molecular weight excluding hydrogens is 254 g/mol. The summed E-state index contributed by atoms with van der Waals surface area (Å²) in [5, 5.41) is 7.85. The van der Waals surface area contributed by atoms with Crippen LogP contribution in [0.25, 0.3) is 0 Å². The molecule has 2 aromatic rings. The van der Waals surface area contributed by atoms with Crippen LogP contribution in [0.15, 0.2) is 22.6 Å². The van der Waals surface area contributed by atoms with Gasteiger partial charge >= 0.3 is 0 Å². The number of hydrogen-bond acceptors (Lipinski definition) is 5. The average Bonchev–Trinajstić information content (AvgIpc) is 2.94. The molecule has 0 amide bonds. The molecule has 106 valence electrons. The fourth-order valence-corrected chi connectivity index (χ4v) is 2.54. The molecule has 0 fully saturated rings. The lowest BCUT2D eigenvalue weighted by Gasteiger charge is -2.22. The van der Waals surface area contributed by atoms with Crippen LogP contribution < -0.4 is 10.5 Å². The molecule has 0 spiro atoms. The zero-order chi connectivity index (χ0) is 13.9. The number of hydrogen-bond donors (Lipinski definition) is 1. The van der Waals surface area contributed by atoms with Crippen molar-refractivity contribution in [2.24, 2.45) is 5.73 Å². The Labute approximate surface area is 118 Å². The summed E-state index contributed by atoms with van der Waals surface area (Å²) in [6.45, 7) is 2.27. The predicted molar refractivity (Wildman–Crippen MR) is 74.3 cm³/mol. The van der Waals surface area contributed by atoms with Crippen molar-refractivity contribution in [3.05, 3.63) is 41.1 Å². The molecule has 3 rings (SSSR count). The third-order valence-corrected chi connectivity index (χ3v) is 3.65. The molecule has 0 aliphatic heterocycles. The van der Waals surface area contributed by atoms with E-state index in [0.717, 1.165) is 31.4 Å². The zero-order valence-electron chi connectivity index (χ0n) is 11.6. The Morgan fingerprint density at radius 3 is 3.00 bits per heavy atom. The van der Waals surface area contributed by atoms with E-state index in [0.29, 0.717) is 18.4 Å². The molecule has 0 bridgehead atoms. The highest BCUT2D eigenvalue weighted by Gasteiger charge is 2.17. The van der Waals surface area contributed by atoms with Crippen molar-refractivity contribution in [3.63, 3.8) is 0 Å². The van der Waals surface area contributed by atoms with Gasteiger partial charge in [-0.05, 0) is 42.5 Å². The first-order valence-electron chi connectivity index (χ1n) is 7.08. The number of nitrogens with two attached hydrogens (primary N) is 1.